The second-order valence-corrected chi connectivity index (χ2v) is 8.49. The van der Waals surface area contributed by atoms with E-state index in [1.807, 2.05) is 6.07 Å². The van der Waals surface area contributed by atoms with Crippen LogP contribution in [-0.4, -0.2) is 53.4 Å². The number of nitriles is 1. The summed E-state index contributed by atoms with van der Waals surface area (Å²) < 4.78 is 31.3. The average molecular weight is 402 g/mol. The maximum Gasteiger partial charge on any atom is 0.262 e. The Morgan fingerprint density at radius 1 is 1.11 bits per heavy atom. The molecule has 0 aliphatic rings. The zero-order chi connectivity index (χ0) is 20.9. The van der Waals surface area contributed by atoms with Crippen molar-refractivity contribution >= 4 is 27.3 Å². The molecule has 0 saturated heterocycles. The van der Waals surface area contributed by atoms with Crippen molar-refractivity contribution in [2.75, 3.05) is 45.0 Å². The molecule has 2 rings (SSSR count). The van der Waals surface area contributed by atoms with Crippen LogP contribution in [0.1, 0.15) is 5.56 Å². The van der Waals surface area contributed by atoms with Gasteiger partial charge in [0.15, 0.2) is 6.61 Å². The fourth-order valence-electron chi connectivity index (χ4n) is 2.34. The molecule has 0 fully saturated rings. The van der Waals surface area contributed by atoms with Crippen LogP contribution in [0.4, 0.5) is 11.4 Å². The summed E-state index contributed by atoms with van der Waals surface area (Å²) in [5, 5.41) is 11.5. The Morgan fingerprint density at radius 2 is 1.75 bits per heavy atom. The van der Waals surface area contributed by atoms with Crippen molar-refractivity contribution in [3.63, 3.8) is 0 Å². The van der Waals surface area contributed by atoms with Gasteiger partial charge in [0.2, 0.25) is 10.0 Å². The second kappa shape index (κ2) is 8.73. The van der Waals surface area contributed by atoms with Crippen LogP contribution in [0.2, 0.25) is 0 Å². The molecule has 0 radical (unpaired) electrons. The highest BCUT2D eigenvalue weighted by Crippen LogP contribution is 2.28. The van der Waals surface area contributed by atoms with Crippen molar-refractivity contribution in [1.29, 1.82) is 5.26 Å². The van der Waals surface area contributed by atoms with Gasteiger partial charge in [-0.3, -0.25) is 4.79 Å². The minimum Gasteiger partial charge on any atom is -0.484 e. The number of hydrogen-bond acceptors (Lipinski definition) is 6. The minimum atomic E-state index is -3.63. The van der Waals surface area contributed by atoms with Crippen LogP contribution in [-0.2, 0) is 14.8 Å². The van der Waals surface area contributed by atoms with Crippen molar-refractivity contribution in [2.24, 2.45) is 0 Å². The second-order valence-electron chi connectivity index (χ2n) is 6.33. The van der Waals surface area contributed by atoms with Crippen LogP contribution in [0.3, 0.4) is 0 Å². The van der Waals surface area contributed by atoms with Crippen LogP contribution in [0.25, 0.3) is 0 Å². The van der Waals surface area contributed by atoms with Gasteiger partial charge in [-0.05, 0) is 42.5 Å². The van der Waals surface area contributed by atoms with Crippen LogP contribution in [0.15, 0.2) is 47.4 Å². The lowest BCUT2D eigenvalue weighted by molar-refractivity contribution is -0.118. The summed E-state index contributed by atoms with van der Waals surface area (Å²) in [6.07, 6.45) is 0. The molecule has 0 atom stereocenters. The standard InChI is InChI=1S/C19H22N4O4S/c1-22(2)18-10-9-16(28(25,26)23(3)4)11-17(18)21-19(24)13-27-15-7-5-14(12-20)6-8-15/h5-11H,13H2,1-4H3,(H,21,24). The van der Waals surface area contributed by atoms with Crippen molar-refractivity contribution < 1.29 is 17.9 Å². The fraction of sp³-hybridized carbons (Fsp3) is 0.263. The Labute approximate surface area is 165 Å². The highest BCUT2D eigenvalue weighted by Gasteiger charge is 2.20. The minimum absolute atomic E-state index is 0.0754. The molecule has 0 heterocycles. The molecule has 0 aliphatic carbocycles. The normalized spacial score (nSPS) is 11.0. The molecular weight excluding hydrogens is 380 g/mol. The predicted octanol–water partition coefficient (Wildman–Crippen LogP) is 1.89. The van der Waals surface area contributed by atoms with Crippen LogP contribution in [0, 0.1) is 11.3 Å². The summed E-state index contributed by atoms with van der Waals surface area (Å²) in [6.45, 7) is -0.260. The van der Waals surface area contributed by atoms with Gasteiger partial charge in [0, 0.05) is 28.2 Å². The van der Waals surface area contributed by atoms with E-state index in [9.17, 15) is 13.2 Å². The summed E-state index contributed by atoms with van der Waals surface area (Å²) >= 11 is 0. The van der Waals surface area contributed by atoms with Gasteiger partial charge in [-0.25, -0.2) is 12.7 Å². The van der Waals surface area contributed by atoms with Gasteiger partial charge < -0.3 is 15.0 Å². The molecule has 0 bridgehead atoms. The quantitative estimate of drug-likeness (QED) is 0.759. The molecule has 2 aromatic rings. The van der Waals surface area contributed by atoms with E-state index < -0.39 is 15.9 Å². The van der Waals surface area contributed by atoms with Crippen molar-refractivity contribution in [2.45, 2.75) is 4.90 Å². The highest BCUT2D eigenvalue weighted by molar-refractivity contribution is 7.89. The molecule has 1 amide bonds. The van der Waals surface area contributed by atoms with E-state index in [1.165, 1.54) is 26.2 Å². The lowest BCUT2D eigenvalue weighted by Gasteiger charge is -2.20. The smallest absolute Gasteiger partial charge is 0.262 e. The number of nitrogens with one attached hydrogen (secondary N) is 1. The predicted molar refractivity (Wildman–Crippen MR) is 107 cm³/mol. The van der Waals surface area contributed by atoms with E-state index in [0.717, 1.165) is 4.31 Å². The van der Waals surface area contributed by atoms with Crippen molar-refractivity contribution in [3.05, 3.63) is 48.0 Å². The molecule has 28 heavy (non-hydrogen) atoms. The third kappa shape index (κ3) is 5.00. The number of anilines is 2. The Morgan fingerprint density at radius 3 is 2.29 bits per heavy atom. The topological polar surface area (TPSA) is 103 Å². The van der Waals surface area contributed by atoms with E-state index in [1.54, 1.807) is 49.3 Å². The Bertz CT molecular complexity index is 994. The molecule has 1 N–H and O–H groups in total. The average Bonchev–Trinajstić information content (AvgIpc) is 2.66. The molecule has 0 aliphatic heterocycles. The zero-order valence-electron chi connectivity index (χ0n) is 16.1. The summed E-state index contributed by atoms with van der Waals surface area (Å²) in [6, 6.07) is 12.9. The number of hydrogen-bond donors (Lipinski definition) is 1. The molecule has 8 nitrogen and oxygen atoms in total. The third-order valence-electron chi connectivity index (χ3n) is 3.86. The first kappa shape index (κ1) is 21.2. The highest BCUT2D eigenvalue weighted by atomic mass is 32.2. The number of amides is 1. The van der Waals surface area contributed by atoms with Crippen LogP contribution in [0.5, 0.6) is 5.75 Å². The molecular formula is C19H22N4O4S. The first-order valence-electron chi connectivity index (χ1n) is 8.32. The van der Waals surface area contributed by atoms with E-state index in [0.29, 0.717) is 22.7 Å². The third-order valence-corrected chi connectivity index (χ3v) is 5.67. The first-order valence-corrected chi connectivity index (χ1v) is 9.76. The molecule has 0 aromatic heterocycles. The molecule has 0 unspecified atom stereocenters. The number of carbonyl (C=O) groups excluding carboxylic acids is 1. The van der Waals surface area contributed by atoms with Gasteiger partial charge in [-0.1, -0.05) is 0 Å². The monoisotopic (exact) mass is 402 g/mol. The Hall–Kier alpha value is -3.09. The summed E-state index contributed by atoms with van der Waals surface area (Å²) in [7, 11) is 2.83. The summed E-state index contributed by atoms with van der Waals surface area (Å²) in [5.41, 5.74) is 1.51. The van der Waals surface area contributed by atoms with Gasteiger partial charge in [0.05, 0.1) is 27.9 Å². The number of sulfonamides is 1. The van der Waals surface area contributed by atoms with E-state index in [2.05, 4.69) is 5.32 Å². The number of carbonyl (C=O) groups is 1. The maximum absolute atomic E-state index is 12.4. The number of ether oxygens (including phenoxy) is 1. The lowest BCUT2D eigenvalue weighted by atomic mass is 10.2. The molecule has 148 valence electrons. The lowest BCUT2D eigenvalue weighted by Crippen LogP contribution is -2.24. The number of rotatable bonds is 7. The SMILES string of the molecule is CN(C)c1ccc(S(=O)(=O)N(C)C)cc1NC(=O)COc1ccc(C#N)cc1. The summed E-state index contributed by atoms with van der Waals surface area (Å²) in [4.78, 5) is 14.2. The molecule has 0 spiro atoms. The van der Waals surface area contributed by atoms with E-state index in [4.69, 9.17) is 10.00 Å². The fourth-order valence-corrected chi connectivity index (χ4v) is 3.27. The summed E-state index contributed by atoms with van der Waals surface area (Å²) in [5.74, 6) is 0.0118. The number of benzene rings is 2. The molecule has 2 aromatic carbocycles. The van der Waals surface area contributed by atoms with Crippen molar-refractivity contribution in [3.8, 4) is 11.8 Å². The molecule has 9 heteroatoms. The Kier molecular flexibility index (Phi) is 6.62. The Balaban J connectivity index is 2.18. The van der Waals surface area contributed by atoms with Gasteiger partial charge in [-0.2, -0.15) is 5.26 Å². The number of nitrogens with zero attached hydrogens (tertiary/aromatic N) is 3. The largest absolute Gasteiger partial charge is 0.484 e. The van der Waals surface area contributed by atoms with E-state index in [-0.39, 0.29) is 11.5 Å². The van der Waals surface area contributed by atoms with Gasteiger partial charge in [0.25, 0.3) is 5.91 Å². The molecule has 0 saturated carbocycles. The van der Waals surface area contributed by atoms with Gasteiger partial charge in [-0.15, -0.1) is 0 Å². The van der Waals surface area contributed by atoms with E-state index >= 15 is 0 Å². The van der Waals surface area contributed by atoms with Gasteiger partial charge >= 0.3 is 0 Å². The maximum atomic E-state index is 12.4. The van der Waals surface area contributed by atoms with Crippen molar-refractivity contribution in [1.82, 2.24) is 4.31 Å². The van der Waals surface area contributed by atoms with Gasteiger partial charge in [0.1, 0.15) is 5.75 Å². The van der Waals surface area contributed by atoms with Crippen LogP contribution < -0.4 is 15.0 Å². The zero-order valence-corrected chi connectivity index (χ0v) is 16.9. The van der Waals surface area contributed by atoms with Crippen LogP contribution >= 0.6 is 0 Å². The first-order chi connectivity index (χ1) is 13.1.